The van der Waals surface area contributed by atoms with Gasteiger partial charge in [-0.3, -0.25) is 9.55 Å². The fourth-order valence-corrected chi connectivity index (χ4v) is 4.56. The van der Waals surface area contributed by atoms with Crippen LogP contribution in [-0.4, -0.2) is 42.3 Å². The van der Waals surface area contributed by atoms with Gasteiger partial charge in [-0.25, -0.2) is 0 Å². The summed E-state index contributed by atoms with van der Waals surface area (Å²) >= 11 is 0. The first kappa shape index (κ1) is 21.4. The summed E-state index contributed by atoms with van der Waals surface area (Å²) in [7, 11) is -4.24. The maximum Gasteiger partial charge on any atom is 0.333 e. The Bertz CT molecular complexity index is 731. The van der Waals surface area contributed by atoms with E-state index in [1.165, 1.54) is 5.57 Å². The standard InChI is InChI=1S/C19H35N3O3S/c1-17(2,3)14-13-10-12(21-26(23,24)25)11-22(13)16(19(7,8)9)20-15(14)18(4,5)6/h12,15,21H,10-11H2,1-9H3,(H,23,24,25). The molecule has 0 saturated carbocycles. The van der Waals surface area contributed by atoms with Crippen LogP contribution in [0.3, 0.4) is 0 Å². The zero-order valence-electron chi connectivity index (χ0n) is 17.6. The highest BCUT2D eigenvalue weighted by Gasteiger charge is 2.46. The third-order valence-electron chi connectivity index (χ3n) is 4.87. The Labute approximate surface area is 159 Å². The van der Waals surface area contributed by atoms with Crippen molar-refractivity contribution in [2.45, 2.75) is 80.8 Å². The molecule has 0 spiro atoms. The number of nitrogens with zero attached hydrogens (tertiary/aromatic N) is 2. The van der Waals surface area contributed by atoms with Gasteiger partial charge in [-0.15, -0.1) is 0 Å². The van der Waals surface area contributed by atoms with Crippen molar-refractivity contribution in [3.8, 4) is 0 Å². The van der Waals surface area contributed by atoms with Gasteiger partial charge in [0.05, 0.1) is 6.04 Å². The van der Waals surface area contributed by atoms with Crippen molar-refractivity contribution in [2.75, 3.05) is 6.54 Å². The van der Waals surface area contributed by atoms with E-state index in [4.69, 9.17) is 4.99 Å². The van der Waals surface area contributed by atoms with E-state index in [9.17, 15) is 13.0 Å². The lowest BCUT2D eigenvalue weighted by Crippen LogP contribution is -2.47. The average Bonchev–Trinajstić information content (AvgIpc) is 2.72. The molecule has 1 saturated heterocycles. The molecule has 0 aliphatic carbocycles. The van der Waals surface area contributed by atoms with Gasteiger partial charge in [-0.05, 0) is 16.4 Å². The Morgan fingerprint density at radius 1 is 1.04 bits per heavy atom. The summed E-state index contributed by atoms with van der Waals surface area (Å²) in [6, 6.07) is -0.323. The van der Waals surface area contributed by atoms with Crippen LogP contribution in [0.5, 0.6) is 0 Å². The first-order valence-corrected chi connectivity index (χ1v) is 10.7. The Morgan fingerprint density at radius 2 is 1.58 bits per heavy atom. The molecule has 150 valence electrons. The highest BCUT2D eigenvalue weighted by Crippen LogP contribution is 2.47. The minimum absolute atomic E-state index is 0.0347. The number of hydrogen-bond donors (Lipinski definition) is 2. The van der Waals surface area contributed by atoms with E-state index in [0.29, 0.717) is 13.0 Å². The predicted molar refractivity (Wildman–Crippen MR) is 106 cm³/mol. The van der Waals surface area contributed by atoms with E-state index in [1.54, 1.807) is 0 Å². The van der Waals surface area contributed by atoms with Crippen LogP contribution >= 0.6 is 0 Å². The quantitative estimate of drug-likeness (QED) is 0.711. The molecule has 2 N–H and O–H groups in total. The van der Waals surface area contributed by atoms with E-state index in [1.807, 2.05) is 0 Å². The minimum atomic E-state index is -4.24. The summed E-state index contributed by atoms with van der Waals surface area (Å²) in [5.41, 5.74) is 2.11. The van der Waals surface area contributed by atoms with Gasteiger partial charge in [0.1, 0.15) is 5.84 Å². The lowest BCUT2D eigenvalue weighted by molar-refractivity contribution is 0.285. The second kappa shape index (κ2) is 6.31. The highest BCUT2D eigenvalue weighted by atomic mass is 32.2. The zero-order chi connectivity index (χ0) is 20.3. The van der Waals surface area contributed by atoms with Crippen molar-refractivity contribution in [2.24, 2.45) is 21.2 Å². The lowest BCUT2D eigenvalue weighted by Gasteiger charge is -2.45. The SMILES string of the molecule is CC(C)(C)C1=NC(C(C)(C)C)C(C(C)(C)C)=C2CC(NS(=O)(=O)O)CN12. The van der Waals surface area contributed by atoms with Gasteiger partial charge in [-0.1, -0.05) is 62.3 Å². The lowest BCUT2D eigenvalue weighted by atomic mass is 9.70. The molecule has 6 nitrogen and oxygen atoms in total. The van der Waals surface area contributed by atoms with Crippen LogP contribution in [0.15, 0.2) is 16.3 Å². The van der Waals surface area contributed by atoms with Gasteiger partial charge in [0, 0.05) is 30.1 Å². The Balaban J connectivity index is 2.64. The highest BCUT2D eigenvalue weighted by molar-refractivity contribution is 7.83. The fourth-order valence-electron chi connectivity index (χ4n) is 3.98. The van der Waals surface area contributed by atoms with Crippen LogP contribution in [0.25, 0.3) is 0 Å². The maximum atomic E-state index is 11.4. The molecule has 2 aliphatic heterocycles. The molecule has 2 heterocycles. The second-order valence-electron chi connectivity index (χ2n) is 10.7. The van der Waals surface area contributed by atoms with Crippen molar-refractivity contribution < 1.29 is 13.0 Å². The van der Waals surface area contributed by atoms with Crippen molar-refractivity contribution in [3.05, 3.63) is 11.3 Å². The van der Waals surface area contributed by atoms with E-state index in [0.717, 1.165) is 11.5 Å². The number of fused-ring (bicyclic) bond motifs is 1. The summed E-state index contributed by atoms with van der Waals surface area (Å²) in [5, 5.41) is 0. The summed E-state index contributed by atoms with van der Waals surface area (Å²) in [4.78, 5) is 7.36. The topological polar surface area (TPSA) is 82.0 Å². The third kappa shape index (κ3) is 4.49. The molecule has 2 rings (SSSR count). The van der Waals surface area contributed by atoms with E-state index in [-0.39, 0.29) is 28.3 Å². The monoisotopic (exact) mass is 385 g/mol. The van der Waals surface area contributed by atoms with Crippen LogP contribution in [0.4, 0.5) is 0 Å². The van der Waals surface area contributed by atoms with Gasteiger partial charge in [0.25, 0.3) is 0 Å². The Morgan fingerprint density at radius 3 is 1.96 bits per heavy atom. The largest absolute Gasteiger partial charge is 0.333 e. The minimum Gasteiger partial charge on any atom is -0.332 e. The number of hydrogen-bond acceptors (Lipinski definition) is 4. The van der Waals surface area contributed by atoms with Gasteiger partial charge in [-0.2, -0.15) is 13.1 Å². The van der Waals surface area contributed by atoms with Crippen LogP contribution in [0.1, 0.15) is 68.7 Å². The Hall–Kier alpha value is -0.920. The first-order chi connectivity index (χ1) is 11.4. The van der Waals surface area contributed by atoms with Crippen LogP contribution in [-0.2, 0) is 10.3 Å². The maximum absolute atomic E-state index is 11.4. The van der Waals surface area contributed by atoms with Crippen molar-refractivity contribution in [1.82, 2.24) is 9.62 Å². The molecular weight excluding hydrogens is 350 g/mol. The van der Waals surface area contributed by atoms with Gasteiger partial charge < -0.3 is 4.90 Å². The molecule has 2 atom stereocenters. The van der Waals surface area contributed by atoms with Crippen LogP contribution in [0.2, 0.25) is 0 Å². The predicted octanol–water partition coefficient (Wildman–Crippen LogP) is 3.63. The molecular formula is C19H35N3O3S. The summed E-state index contributed by atoms with van der Waals surface area (Å²) < 4.78 is 34.3. The molecule has 2 unspecified atom stereocenters. The van der Waals surface area contributed by atoms with Crippen molar-refractivity contribution in [1.29, 1.82) is 0 Å². The van der Waals surface area contributed by atoms with Crippen LogP contribution < -0.4 is 4.72 Å². The van der Waals surface area contributed by atoms with Gasteiger partial charge in [0.2, 0.25) is 0 Å². The molecule has 0 aromatic heterocycles. The van der Waals surface area contributed by atoms with E-state index >= 15 is 0 Å². The molecule has 0 amide bonds. The number of nitrogens with one attached hydrogen (secondary N) is 1. The van der Waals surface area contributed by atoms with Gasteiger partial charge >= 0.3 is 10.3 Å². The second-order valence-corrected chi connectivity index (χ2v) is 11.9. The fraction of sp³-hybridized carbons (Fsp3) is 0.842. The summed E-state index contributed by atoms with van der Waals surface area (Å²) in [6.07, 6.45) is 0.564. The molecule has 0 aromatic carbocycles. The molecule has 1 fully saturated rings. The molecule has 0 radical (unpaired) electrons. The molecule has 0 aromatic rings. The van der Waals surface area contributed by atoms with E-state index < -0.39 is 10.3 Å². The number of aliphatic imine (C=N–C) groups is 1. The average molecular weight is 386 g/mol. The molecule has 7 heteroatoms. The smallest absolute Gasteiger partial charge is 0.332 e. The van der Waals surface area contributed by atoms with Crippen molar-refractivity contribution in [3.63, 3.8) is 0 Å². The molecule has 26 heavy (non-hydrogen) atoms. The number of rotatable bonds is 2. The van der Waals surface area contributed by atoms with Gasteiger partial charge in [0.15, 0.2) is 0 Å². The first-order valence-electron chi connectivity index (χ1n) is 9.25. The normalized spacial score (nSPS) is 25.5. The Kier molecular flexibility index (Phi) is 5.19. The van der Waals surface area contributed by atoms with E-state index in [2.05, 4.69) is 71.9 Å². The summed E-state index contributed by atoms with van der Waals surface area (Å²) in [6.45, 7) is 20.1. The third-order valence-corrected chi connectivity index (χ3v) is 5.51. The molecule has 2 aliphatic rings. The van der Waals surface area contributed by atoms with Crippen LogP contribution in [0, 0.1) is 16.2 Å². The molecule has 0 bridgehead atoms. The van der Waals surface area contributed by atoms with Crippen molar-refractivity contribution >= 4 is 16.1 Å². The number of amidine groups is 1. The zero-order valence-corrected chi connectivity index (χ0v) is 18.5. The summed E-state index contributed by atoms with van der Waals surface area (Å²) in [5.74, 6) is 0.986.